The van der Waals surface area contributed by atoms with E-state index in [1.807, 2.05) is 20.8 Å². The molecule has 1 aliphatic heterocycles. The van der Waals surface area contributed by atoms with Crippen molar-refractivity contribution in [1.82, 2.24) is 14.8 Å². The summed E-state index contributed by atoms with van der Waals surface area (Å²) in [6.45, 7) is 10.7. The van der Waals surface area contributed by atoms with Crippen LogP contribution in [0.15, 0.2) is 35.4 Å². The molecular weight excluding hydrogens is 420 g/mol. The zero-order chi connectivity index (χ0) is 22.9. The fourth-order valence-corrected chi connectivity index (χ4v) is 3.73. The molecule has 31 heavy (non-hydrogen) atoms. The summed E-state index contributed by atoms with van der Waals surface area (Å²) in [5.41, 5.74) is 1.20. The summed E-state index contributed by atoms with van der Waals surface area (Å²) in [7, 11) is 1.67. The van der Waals surface area contributed by atoms with Crippen molar-refractivity contribution in [2.75, 3.05) is 25.5 Å². The predicted octanol–water partition coefficient (Wildman–Crippen LogP) is 3.41. The maximum atomic E-state index is 12.7. The number of likely N-dealkylation sites (N-methyl/N-ethyl adjacent to an activating group) is 1. The number of carbonyl (C=O) groups is 2. The van der Waals surface area contributed by atoms with Gasteiger partial charge in [-0.25, -0.2) is 4.98 Å². The lowest BCUT2D eigenvalue weighted by atomic mass is 9.86. The maximum Gasteiger partial charge on any atom is 0.291 e. The van der Waals surface area contributed by atoms with Crippen LogP contribution < -0.4 is 5.32 Å². The molecule has 0 aliphatic carbocycles. The van der Waals surface area contributed by atoms with E-state index in [0.717, 1.165) is 5.56 Å². The molecule has 3 rings (SSSR count). The Morgan fingerprint density at radius 1 is 1.42 bits per heavy atom. The number of rotatable bonds is 6. The van der Waals surface area contributed by atoms with E-state index in [9.17, 15) is 14.7 Å². The quantitative estimate of drug-likeness (QED) is 0.521. The van der Waals surface area contributed by atoms with Crippen molar-refractivity contribution in [2.24, 2.45) is 0 Å². The summed E-state index contributed by atoms with van der Waals surface area (Å²) < 4.78 is 5.59. The molecule has 0 bridgehead atoms. The van der Waals surface area contributed by atoms with Gasteiger partial charge in [-0.2, -0.15) is 0 Å². The fraction of sp³-hybridized carbons (Fsp3) is 0.409. The van der Waals surface area contributed by atoms with Crippen LogP contribution in [0.4, 0.5) is 5.69 Å². The number of likely N-dealkylation sites (tertiary alicyclic amines) is 1. The van der Waals surface area contributed by atoms with Gasteiger partial charge < -0.3 is 24.6 Å². The molecule has 2 amide bonds. The van der Waals surface area contributed by atoms with Gasteiger partial charge in [0.05, 0.1) is 24.5 Å². The number of carbonyl (C=O) groups excluding carboxylic acids is 2. The second-order valence-corrected chi connectivity index (χ2v) is 9.00. The molecule has 166 valence electrons. The van der Waals surface area contributed by atoms with Crippen LogP contribution in [-0.4, -0.2) is 57.9 Å². The molecule has 8 nitrogen and oxygen atoms in total. The van der Waals surface area contributed by atoms with Crippen LogP contribution in [0.3, 0.4) is 0 Å². The number of aromatic nitrogens is 1. The molecule has 9 heteroatoms. The minimum atomic E-state index is -0.307. The molecule has 1 aromatic heterocycles. The zero-order valence-corrected chi connectivity index (χ0v) is 18.9. The highest BCUT2D eigenvalue weighted by atomic mass is 35.5. The molecule has 1 saturated heterocycles. The first kappa shape index (κ1) is 22.7. The topological polar surface area (TPSA) is 98.9 Å². The van der Waals surface area contributed by atoms with Crippen LogP contribution in [0.25, 0.3) is 0 Å². The molecule has 0 spiro atoms. The third kappa shape index (κ3) is 4.85. The van der Waals surface area contributed by atoms with Gasteiger partial charge in [0.2, 0.25) is 17.6 Å². The van der Waals surface area contributed by atoms with E-state index in [2.05, 4.69) is 16.9 Å². The Kier molecular flexibility index (Phi) is 6.31. The summed E-state index contributed by atoms with van der Waals surface area (Å²) in [6.07, 6.45) is 2.64. The van der Waals surface area contributed by atoms with Gasteiger partial charge in [0, 0.05) is 31.2 Å². The van der Waals surface area contributed by atoms with Crippen molar-refractivity contribution in [3.8, 4) is 5.75 Å². The number of aromatic hydroxyl groups is 1. The van der Waals surface area contributed by atoms with Crippen LogP contribution in [0.1, 0.15) is 42.8 Å². The SMILES string of the molecule is C=CC(=O)N1CC(N(C)C(=O)c2cnc(CNc3cc(C(C)(C)C)c(Cl)cc3O)o2)C1. The van der Waals surface area contributed by atoms with Crippen molar-refractivity contribution >= 4 is 29.1 Å². The maximum absolute atomic E-state index is 12.7. The minimum Gasteiger partial charge on any atom is -0.506 e. The number of oxazole rings is 1. The fourth-order valence-electron chi connectivity index (χ4n) is 3.29. The molecule has 2 aromatic rings. The first-order chi connectivity index (χ1) is 14.5. The van der Waals surface area contributed by atoms with E-state index in [-0.39, 0.29) is 41.3 Å². The number of benzene rings is 1. The zero-order valence-electron chi connectivity index (χ0n) is 18.1. The van der Waals surface area contributed by atoms with Gasteiger partial charge in [-0.3, -0.25) is 9.59 Å². The molecule has 2 heterocycles. The lowest BCUT2D eigenvalue weighted by Gasteiger charge is -2.43. The van der Waals surface area contributed by atoms with Crippen molar-refractivity contribution in [3.63, 3.8) is 0 Å². The second kappa shape index (κ2) is 8.63. The Balaban J connectivity index is 1.62. The summed E-state index contributed by atoms with van der Waals surface area (Å²) in [5.74, 6) is -0.0165. The average Bonchev–Trinajstić information content (AvgIpc) is 3.13. The summed E-state index contributed by atoms with van der Waals surface area (Å²) in [4.78, 5) is 31.5. The molecule has 1 aliphatic rings. The number of hydrogen-bond acceptors (Lipinski definition) is 6. The Morgan fingerprint density at radius 3 is 2.71 bits per heavy atom. The third-order valence-corrected chi connectivity index (χ3v) is 5.62. The number of phenolic OH excluding ortho intramolecular Hbond substituents is 1. The lowest BCUT2D eigenvalue weighted by Crippen LogP contribution is -2.60. The Labute approximate surface area is 186 Å². The highest BCUT2D eigenvalue weighted by Gasteiger charge is 2.35. The van der Waals surface area contributed by atoms with Crippen molar-refractivity contribution < 1.29 is 19.1 Å². The number of phenols is 1. The Hall–Kier alpha value is -3.00. The monoisotopic (exact) mass is 446 g/mol. The molecule has 0 atom stereocenters. The Morgan fingerprint density at radius 2 is 2.10 bits per heavy atom. The van der Waals surface area contributed by atoms with E-state index >= 15 is 0 Å². The highest BCUT2D eigenvalue weighted by Crippen LogP contribution is 2.37. The average molecular weight is 447 g/mol. The highest BCUT2D eigenvalue weighted by molar-refractivity contribution is 6.31. The molecule has 0 unspecified atom stereocenters. The molecule has 2 N–H and O–H groups in total. The number of nitrogens with one attached hydrogen (secondary N) is 1. The summed E-state index contributed by atoms with van der Waals surface area (Å²) in [6, 6.07) is 3.22. The van der Waals surface area contributed by atoms with Crippen molar-refractivity contribution in [1.29, 1.82) is 0 Å². The standard InChI is InChI=1S/C22H27ClN4O4/c1-6-20(29)27-11-13(12-27)26(5)21(30)18-9-25-19(31-18)10-24-16-7-14(22(2,3)4)15(23)8-17(16)28/h6-9,13,24,28H,1,10-12H2,2-5H3. The second-order valence-electron chi connectivity index (χ2n) is 8.59. The van der Waals surface area contributed by atoms with E-state index in [0.29, 0.717) is 29.7 Å². The van der Waals surface area contributed by atoms with Gasteiger partial charge in [-0.05, 0) is 23.1 Å². The lowest BCUT2D eigenvalue weighted by molar-refractivity contribution is -0.132. The van der Waals surface area contributed by atoms with E-state index in [4.69, 9.17) is 16.0 Å². The number of hydrogen-bond donors (Lipinski definition) is 2. The number of halogens is 1. The minimum absolute atomic E-state index is 0.0178. The normalized spacial score (nSPS) is 14.2. The molecule has 1 fully saturated rings. The van der Waals surface area contributed by atoms with Crippen LogP contribution >= 0.6 is 11.6 Å². The van der Waals surface area contributed by atoms with Gasteiger partial charge in [-0.1, -0.05) is 39.0 Å². The number of amides is 2. The summed E-state index contributed by atoms with van der Waals surface area (Å²) in [5, 5.41) is 13.8. The van der Waals surface area contributed by atoms with Gasteiger partial charge >= 0.3 is 0 Å². The molecule has 0 radical (unpaired) electrons. The summed E-state index contributed by atoms with van der Waals surface area (Å²) >= 11 is 6.26. The number of nitrogens with zero attached hydrogens (tertiary/aromatic N) is 3. The third-order valence-electron chi connectivity index (χ3n) is 5.30. The largest absolute Gasteiger partial charge is 0.506 e. The van der Waals surface area contributed by atoms with Crippen LogP contribution in [0.2, 0.25) is 5.02 Å². The van der Waals surface area contributed by atoms with Crippen molar-refractivity contribution in [2.45, 2.75) is 38.8 Å². The Bertz CT molecular complexity index is 1010. The van der Waals surface area contributed by atoms with E-state index in [1.165, 1.54) is 18.3 Å². The van der Waals surface area contributed by atoms with E-state index in [1.54, 1.807) is 22.9 Å². The number of anilines is 1. The smallest absolute Gasteiger partial charge is 0.291 e. The van der Waals surface area contributed by atoms with Gasteiger partial charge in [0.15, 0.2) is 0 Å². The first-order valence-electron chi connectivity index (χ1n) is 9.91. The van der Waals surface area contributed by atoms with E-state index < -0.39 is 0 Å². The van der Waals surface area contributed by atoms with Gasteiger partial charge in [-0.15, -0.1) is 0 Å². The first-order valence-corrected chi connectivity index (χ1v) is 10.3. The van der Waals surface area contributed by atoms with Crippen LogP contribution in [0.5, 0.6) is 5.75 Å². The van der Waals surface area contributed by atoms with Gasteiger partial charge in [0.25, 0.3) is 5.91 Å². The molecule has 0 saturated carbocycles. The molecule has 1 aromatic carbocycles. The molecular formula is C22H27ClN4O4. The van der Waals surface area contributed by atoms with Crippen LogP contribution in [0, 0.1) is 0 Å². The predicted molar refractivity (Wildman–Crippen MR) is 118 cm³/mol. The van der Waals surface area contributed by atoms with Crippen molar-refractivity contribution in [3.05, 3.63) is 53.2 Å². The van der Waals surface area contributed by atoms with Crippen LogP contribution in [-0.2, 0) is 16.8 Å². The van der Waals surface area contributed by atoms with Gasteiger partial charge in [0.1, 0.15) is 5.75 Å².